The van der Waals surface area contributed by atoms with Crippen LogP contribution in [0.25, 0.3) is 0 Å². The molecule has 2 rings (SSSR count). The average Bonchev–Trinajstić information content (AvgIpc) is 2.89. The predicted octanol–water partition coefficient (Wildman–Crippen LogP) is 2.52. The summed E-state index contributed by atoms with van der Waals surface area (Å²) in [6.07, 6.45) is 4.70. The molecule has 1 aliphatic rings. The summed E-state index contributed by atoms with van der Waals surface area (Å²) in [5, 5.41) is 8.18. The van der Waals surface area contributed by atoms with Gasteiger partial charge < -0.3 is 5.32 Å². The van der Waals surface area contributed by atoms with E-state index in [1.807, 2.05) is 0 Å². The van der Waals surface area contributed by atoms with E-state index in [4.69, 9.17) is 0 Å². The molecule has 1 fully saturated rings. The van der Waals surface area contributed by atoms with Crippen LogP contribution in [-0.2, 0) is 19.4 Å². The van der Waals surface area contributed by atoms with Crippen LogP contribution in [0.2, 0.25) is 0 Å². The van der Waals surface area contributed by atoms with Crippen molar-refractivity contribution in [1.82, 2.24) is 15.1 Å². The molecule has 1 unspecified atom stereocenters. The highest BCUT2D eigenvalue weighted by atomic mass is 79.9. The van der Waals surface area contributed by atoms with Crippen LogP contribution in [0.4, 0.5) is 0 Å². The second-order valence-electron chi connectivity index (χ2n) is 4.37. The van der Waals surface area contributed by atoms with E-state index in [0.29, 0.717) is 6.04 Å². The van der Waals surface area contributed by atoms with E-state index in [1.54, 1.807) is 0 Å². The first-order valence-corrected chi connectivity index (χ1v) is 7.03. The van der Waals surface area contributed by atoms with Crippen molar-refractivity contribution in [2.45, 2.75) is 52.1 Å². The molecule has 4 heteroatoms. The monoisotopic (exact) mass is 285 g/mol. The van der Waals surface area contributed by atoms with Gasteiger partial charge in [-0.2, -0.15) is 5.10 Å². The predicted molar refractivity (Wildman–Crippen MR) is 69.7 cm³/mol. The van der Waals surface area contributed by atoms with Crippen LogP contribution in [-0.4, -0.2) is 22.4 Å². The van der Waals surface area contributed by atoms with Crippen LogP contribution in [0.1, 0.15) is 38.1 Å². The standard InChI is InChI=1S/C12H20BrN3/c1-3-10-12(13)11(16(4-2)15-10)8-9-6-5-7-14-9/h9,14H,3-8H2,1-2H3. The van der Waals surface area contributed by atoms with Crippen molar-refractivity contribution in [2.75, 3.05) is 6.54 Å². The molecule has 0 bridgehead atoms. The van der Waals surface area contributed by atoms with Gasteiger partial charge in [0.2, 0.25) is 0 Å². The molecule has 0 aromatic carbocycles. The van der Waals surface area contributed by atoms with E-state index in [9.17, 15) is 0 Å². The van der Waals surface area contributed by atoms with Crippen molar-refractivity contribution in [3.05, 3.63) is 15.9 Å². The Labute approximate surface area is 106 Å². The molecule has 90 valence electrons. The Morgan fingerprint density at radius 3 is 2.88 bits per heavy atom. The van der Waals surface area contributed by atoms with Gasteiger partial charge in [-0.25, -0.2) is 0 Å². The number of aromatic nitrogens is 2. The third-order valence-corrected chi connectivity index (χ3v) is 4.21. The number of halogens is 1. The molecule has 1 saturated heterocycles. The molecule has 1 N–H and O–H groups in total. The quantitative estimate of drug-likeness (QED) is 0.921. The molecule has 16 heavy (non-hydrogen) atoms. The van der Waals surface area contributed by atoms with Crippen molar-refractivity contribution in [3.8, 4) is 0 Å². The van der Waals surface area contributed by atoms with E-state index in [2.05, 4.69) is 44.9 Å². The number of hydrogen-bond acceptors (Lipinski definition) is 2. The summed E-state index contributed by atoms with van der Waals surface area (Å²) in [5.41, 5.74) is 2.55. The Hall–Kier alpha value is -0.350. The van der Waals surface area contributed by atoms with Gasteiger partial charge in [0.15, 0.2) is 0 Å². The van der Waals surface area contributed by atoms with Crippen LogP contribution >= 0.6 is 15.9 Å². The fraction of sp³-hybridized carbons (Fsp3) is 0.750. The lowest BCUT2D eigenvalue weighted by atomic mass is 10.1. The topological polar surface area (TPSA) is 29.9 Å². The van der Waals surface area contributed by atoms with Crippen LogP contribution in [0.15, 0.2) is 4.47 Å². The Morgan fingerprint density at radius 1 is 1.50 bits per heavy atom. The van der Waals surface area contributed by atoms with Gasteiger partial charge in [-0.15, -0.1) is 0 Å². The van der Waals surface area contributed by atoms with Crippen molar-refractivity contribution in [2.24, 2.45) is 0 Å². The minimum absolute atomic E-state index is 0.642. The molecule has 1 atom stereocenters. The molecule has 1 aliphatic heterocycles. The van der Waals surface area contributed by atoms with Gasteiger partial charge in [-0.05, 0) is 48.7 Å². The van der Waals surface area contributed by atoms with Gasteiger partial charge in [-0.3, -0.25) is 4.68 Å². The fourth-order valence-corrected chi connectivity index (χ4v) is 3.10. The number of aryl methyl sites for hydroxylation is 2. The summed E-state index contributed by atoms with van der Waals surface area (Å²) in [4.78, 5) is 0. The average molecular weight is 286 g/mol. The molecular formula is C12H20BrN3. The van der Waals surface area contributed by atoms with E-state index in [0.717, 1.165) is 19.4 Å². The smallest absolute Gasteiger partial charge is 0.0766 e. The minimum Gasteiger partial charge on any atom is -0.314 e. The molecular weight excluding hydrogens is 266 g/mol. The van der Waals surface area contributed by atoms with E-state index < -0.39 is 0 Å². The number of nitrogens with zero attached hydrogens (tertiary/aromatic N) is 2. The summed E-state index contributed by atoms with van der Waals surface area (Å²) in [7, 11) is 0. The van der Waals surface area contributed by atoms with Crippen LogP contribution in [0, 0.1) is 0 Å². The maximum Gasteiger partial charge on any atom is 0.0766 e. The maximum absolute atomic E-state index is 4.63. The lowest BCUT2D eigenvalue weighted by Crippen LogP contribution is -2.25. The van der Waals surface area contributed by atoms with Crippen molar-refractivity contribution in [1.29, 1.82) is 0 Å². The lowest BCUT2D eigenvalue weighted by molar-refractivity contribution is 0.546. The SMILES string of the molecule is CCc1nn(CC)c(CC2CCCN2)c1Br. The highest BCUT2D eigenvalue weighted by Gasteiger charge is 2.20. The maximum atomic E-state index is 4.63. The lowest BCUT2D eigenvalue weighted by Gasteiger charge is -2.11. The molecule has 0 spiro atoms. The minimum atomic E-state index is 0.642. The molecule has 2 heterocycles. The van der Waals surface area contributed by atoms with Gasteiger partial charge in [0.1, 0.15) is 0 Å². The highest BCUT2D eigenvalue weighted by molar-refractivity contribution is 9.10. The first-order chi connectivity index (χ1) is 7.76. The summed E-state index contributed by atoms with van der Waals surface area (Å²) in [5.74, 6) is 0. The van der Waals surface area contributed by atoms with Crippen molar-refractivity contribution < 1.29 is 0 Å². The van der Waals surface area contributed by atoms with Crippen LogP contribution in [0.5, 0.6) is 0 Å². The molecule has 1 aromatic rings. The van der Waals surface area contributed by atoms with E-state index >= 15 is 0 Å². The second-order valence-corrected chi connectivity index (χ2v) is 5.17. The van der Waals surface area contributed by atoms with Gasteiger partial charge in [0.05, 0.1) is 15.9 Å². The van der Waals surface area contributed by atoms with Crippen molar-refractivity contribution in [3.63, 3.8) is 0 Å². The van der Waals surface area contributed by atoms with Gasteiger partial charge in [0, 0.05) is 19.0 Å². The zero-order valence-corrected chi connectivity index (χ0v) is 11.7. The summed E-state index contributed by atoms with van der Waals surface area (Å²) in [6.45, 7) is 6.44. The Balaban J connectivity index is 2.19. The first-order valence-electron chi connectivity index (χ1n) is 6.23. The van der Waals surface area contributed by atoms with E-state index in [1.165, 1.54) is 35.2 Å². The van der Waals surface area contributed by atoms with Crippen molar-refractivity contribution >= 4 is 15.9 Å². The summed E-state index contributed by atoms with van der Waals surface area (Å²) < 4.78 is 3.37. The second kappa shape index (κ2) is 5.32. The van der Waals surface area contributed by atoms with Crippen LogP contribution < -0.4 is 5.32 Å². The van der Waals surface area contributed by atoms with Gasteiger partial charge in [0.25, 0.3) is 0 Å². The third-order valence-electron chi connectivity index (χ3n) is 3.30. The number of rotatable bonds is 4. The first kappa shape index (κ1) is 12.1. The Kier molecular flexibility index (Phi) is 4.03. The summed E-state index contributed by atoms with van der Waals surface area (Å²) in [6, 6.07) is 0.642. The third kappa shape index (κ3) is 2.33. The molecule has 0 amide bonds. The Morgan fingerprint density at radius 2 is 2.31 bits per heavy atom. The normalized spacial score (nSPS) is 20.6. The highest BCUT2D eigenvalue weighted by Crippen LogP contribution is 2.25. The van der Waals surface area contributed by atoms with Crippen LogP contribution in [0.3, 0.4) is 0 Å². The summed E-state index contributed by atoms with van der Waals surface area (Å²) >= 11 is 3.70. The molecule has 0 saturated carbocycles. The fourth-order valence-electron chi connectivity index (χ4n) is 2.38. The number of nitrogens with one attached hydrogen (secondary N) is 1. The zero-order chi connectivity index (χ0) is 11.5. The molecule has 1 aromatic heterocycles. The Bertz CT molecular complexity index is 353. The van der Waals surface area contributed by atoms with E-state index in [-0.39, 0.29) is 0 Å². The molecule has 0 radical (unpaired) electrons. The molecule has 3 nitrogen and oxygen atoms in total. The van der Waals surface area contributed by atoms with Gasteiger partial charge >= 0.3 is 0 Å². The molecule has 0 aliphatic carbocycles. The largest absolute Gasteiger partial charge is 0.314 e. The zero-order valence-electron chi connectivity index (χ0n) is 10.1. The number of hydrogen-bond donors (Lipinski definition) is 1. The van der Waals surface area contributed by atoms with Gasteiger partial charge in [-0.1, -0.05) is 6.92 Å².